The summed E-state index contributed by atoms with van der Waals surface area (Å²) in [7, 11) is 1.83. The monoisotopic (exact) mass is 347 g/mol. The van der Waals surface area contributed by atoms with Crippen LogP contribution in [0.5, 0.6) is 0 Å². The van der Waals surface area contributed by atoms with Crippen molar-refractivity contribution in [3.05, 3.63) is 33.8 Å². The summed E-state index contributed by atoms with van der Waals surface area (Å²) in [6.45, 7) is 2.76. The molecule has 1 amide bonds. The normalized spacial score (nSPS) is 10.2. The Balaban J connectivity index is 2.79. The van der Waals surface area contributed by atoms with Crippen LogP contribution in [0.25, 0.3) is 0 Å². The number of aryl methyl sites for hydroxylation is 1. The maximum Gasteiger partial charge on any atom is 0.253 e. The summed E-state index contributed by atoms with van der Waals surface area (Å²) >= 11 is 6.77. The number of alkyl halides is 1. The Morgan fingerprint density at radius 2 is 2.06 bits per heavy atom. The van der Waals surface area contributed by atoms with E-state index in [1.54, 1.807) is 4.90 Å². The highest BCUT2D eigenvalue weighted by Crippen LogP contribution is 2.16. The Hall–Kier alpha value is -0.350. The van der Waals surface area contributed by atoms with E-state index in [2.05, 4.69) is 31.9 Å². The zero-order valence-electron chi connectivity index (χ0n) is 9.46. The lowest BCUT2D eigenvalue weighted by atomic mass is 10.1. The highest BCUT2D eigenvalue weighted by molar-refractivity contribution is 9.10. The number of amides is 1. The van der Waals surface area contributed by atoms with E-state index in [4.69, 9.17) is 0 Å². The van der Waals surface area contributed by atoms with Gasteiger partial charge in [0.05, 0.1) is 0 Å². The van der Waals surface area contributed by atoms with Crippen LogP contribution in [0.3, 0.4) is 0 Å². The number of halogens is 2. The van der Waals surface area contributed by atoms with Gasteiger partial charge >= 0.3 is 0 Å². The summed E-state index contributed by atoms with van der Waals surface area (Å²) in [5.41, 5.74) is 1.83. The molecular weight excluding hydrogens is 334 g/mol. The molecule has 1 aromatic rings. The predicted molar refractivity (Wildman–Crippen MR) is 74.3 cm³/mol. The minimum atomic E-state index is 0.0744. The molecule has 0 bridgehead atoms. The minimum Gasteiger partial charge on any atom is -0.342 e. The average molecular weight is 349 g/mol. The van der Waals surface area contributed by atoms with Crippen molar-refractivity contribution in [2.75, 3.05) is 18.9 Å². The van der Waals surface area contributed by atoms with Gasteiger partial charge in [-0.1, -0.05) is 31.9 Å². The van der Waals surface area contributed by atoms with Crippen molar-refractivity contribution in [2.45, 2.75) is 13.3 Å². The number of carbonyl (C=O) groups excluding carboxylic acids is 1. The van der Waals surface area contributed by atoms with Gasteiger partial charge in [-0.25, -0.2) is 0 Å². The maximum atomic E-state index is 12.0. The molecule has 0 saturated carbocycles. The molecule has 0 fully saturated rings. The number of carbonyl (C=O) groups is 1. The maximum absolute atomic E-state index is 12.0. The highest BCUT2D eigenvalue weighted by atomic mass is 79.9. The van der Waals surface area contributed by atoms with E-state index in [-0.39, 0.29) is 5.91 Å². The SMILES string of the molecule is Cc1cc(Br)cc(C(=O)N(C)CCCBr)c1. The van der Waals surface area contributed by atoms with Crippen LogP contribution in [0, 0.1) is 6.92 Å². The first-order chi connectivity index (χ1) is 7.54. The molecule has 0 spiro atoms. The van der Waals surface area contributed by atoms with Gasteiger partial charge in [-0.15, -0.1) is 0 Å². The van der Waals surface area contributed by atoms with Crippen LogP contribution in [0.15, 0.2) is 22.7 Å². The van der Waals surface area contributed by atoms with Crippen molar-refractivity contribution < 1.29 is 4.79 Å². The van der Waals surface area contributed by atoms with Gasteiger partial charge in [0.1, 0.15) is 0 Å². The molecule has 1 rings (SSSR count). The van der Waals surface area contributed by atoms with Gasteiger partial charge in [0.15, 0.2) is 0 Å². The fourth-order valence-corrected chi connectivity index (χ4v) is 2.34. The second-order valence-corrected chi connectivity index (χ2v) is 5.50. The third-order valence-corrected chi connectivity index (χ3v) is 3.28. The Morgan fingerprint density at radius 3 is 2.62 bits per heavy atom. The number of benzene rings is 1. The molecule has 0 aliphatic heterocycles. The average Bonchev–Trinajstić information content (AvgIpc) is 2.23. The standard InChI is InChI=1S/C12H15Br2NO/c1-9-6-10(8-11(14)7-9)12(16)15(2)5-3-4-13/h6-8H,3-5H2,1-2H3. The van der Waals surface area contributed by atoms with E-state index in [1.807, 2.05) is 32.2 Å². The van der Waals surface area contributed by atoms with E-state index >= 15 is 0 Å². The first-order valence-corrected chi connectivity index (χ1v) is 7.04. The molecule has 0 aromatic heterocycles. The molecule has 0 radical (unpaired) electrons. The third-order valence-electron chi connectivity index (χ3n) is 2.26. The fraction of sp³-hybridized carbons (Fsp3) is 0.417. The molecule has 4 heteroatoms. The Morgan fingerprint density at radius 1 is 1.38 bits per heavy atom. The fourth-order valence-electron chi connectivity index (χ4n) is 1.48. The van der Waals surface area contributed by atoms with Gasteiger partial charge in [0.2, 0.25) is 0 Å². The van der Waals surface area contributed by atoms with E-state index in [0.717, 1.165) is 33.9 Å². The Bertz CT molecular complexity index is 359. The van der Waals surface area contributed by atoms with Gasteiger partial charge in [-0.2, -0.15) is 0 Å². The van der Waals surface area contributed by atoms with E-state index in [1.165, 1.54) is 0 Å². The molecule has 1 aromatic carbocycles. The third kappa shape index (κ3) is 3.91. The molecule has 0 aliphatic rings. The van der Waals surface area contributed by atoms with E-state index < -0.39 is 0 Å². The van der Waals surface area contributed by atoms with Crippen LogP contribution in [0.1, 0.15) is 22.3 Å². The van der Waals surface area contributed by atoms with Crippen LogP contribution in [-0.2, 0) is 0 Å². The molecule has 0 heterocycles. The van der Waals surface area contributed by atoms with Crippen LogP contribution in [0.2, 0.25) is 0 Å². The second-order valence-electron chi connectivity index (χ2n) is 3.79. The van der Waals surface area contributed by atoms with Gasteiger partial charge in [0.25, 0.3) is 5.91 Å². The van der Waals surface area contributed by atoms with Gasteiger partial charge < -0.3 is 4.90 Å². The highest BCUT2D eigenvalue weighted by Gasteiger charge is 2.11. The topological polar surface area (TPSA) is 20.3 Å². The number of rotatable bonds is 4. The van der Waals surface area contributed by atoms with E-state index in [9.17, 15) is 4.79 Å². The van der Waals surface area contributed by atoms with Crippen LogP contribution < -0.4 is 0 Å². The number of hydrogen-bond donors (Lipinski definition) is 0. The van der Waals surface area contributed by atoms with Crippen LogP contribution >= 0.6 is 31.9 Å². The molecular formula is C12H15Br2NO. The van der Waals surface area contributed by atoms with Gasteiger partial charge in [0, 0.05) is 29.0 Å². The largest absolute Gasteiger partial charge is 0.342 e. The molecule has 88 valence electrons. The summed E-state index contributed by atoms with van der Waals surface area (Å²) in [5, 5.41) is 0.919. The van der Waals surface area contributed by atoms with Crippen LogP contribution in [0.4, 0.5) is 0 Å². The van der Waals surface area contributed by atoms with Crippen molar-refractivity contribution in [2.24, 2.45) is 0 Å². The summed E-state index contributed by atoms with van der Waals surface area (Å²) in [4.78, 5) is 13.8. The zero-order valence-corrected chi connectivity index (χ0v) is 12.6. The second kappa shape index (κ2) is 6.40. The Labute approximate surface area is 113 Å². The van der Waals surface area contributed by atoms with Crippen molar-refractivity contribution in [1.82, 2.24) is 4.90 Å². The van der Waals surface area contributed by atoms with Gasteiger partial charge in [-0.05, 0) is 37.1 Å². The lowest BCUT2D eigenvalue weighted by molar-refractivity contribution is 0.0795. The van der Waals surface area contributed by atoms with Crippen molar-refractivity contribution >= 4 is 37.8 Å². The summed E-state index contributed by atoms with van der Waals surface area (Å²) in [6, 6.07) is 5.77. The van der Waals surface area contributed by atoms with Crippen molar-refractivity contribution in [3.8, 4) is 0 Å². The van der Waals surface area contributed by atoms with E-state index in [0.29, 0.717) is 0 Å². The van der Waals surface area contributed by atoms with Crippen LogP contribution in [-0.4, -0.2) is 29.7 Å². The van der Waals surface area contributed by atoms with Gasteiger partial charge in [-0.3, -0.25) is 4.79 Å². The quantitative estimate of drug-likeness (QED) is 0.761. The first kappa shape index (κ1) is 13.7. The van der Waals surface area contributed by atoms with Crippen molar-refractivity contribution in [3.63, 3.8) is 0 Å². The lowest BCUT2D eigenvalue weighted by Crippen LogP contribution is -2.28. The summed E-state index contributed by atoms with van der Waals surface area (Å²) in [5.74, 6) is 0.0744. The summed E-state index contributed by atoms with van der Waals surface area (Å²) < 4.78 is 0.949. The summed E-state index contributed by atoms with van der Waals surface area (Å²) in [6.07, 6.45) is 0.967. The molecule has 0 saturated heterocycles. The van der Waals surface area contributed by atoms with Crippen molar-refractivity contribution in [1.29, 1.82) is 0 Å². The molecule has 0 atom stereocenters. The first-order valence-electron chi connectivity index (χ1n) is 5.13. The molecule has 0 unspecified atom stereocenters. The zero-order chi connectivity index (χ0) is 12.1. The smallest absolute Gasteiger partial charge is 0.253 e. The molecule has 0 aliphatic carbocycles. The molecule has 0 N–H and O–H groups in total. The lowest BCUT2D eigenvalue weighted by Gasteiger charge is -2.17. The molecule has 16 heavy (non-hydrogen) atoms. The number of nitrogens with zero attached hydrogens (tertiary/aromatic N) is 1. The predicted octanol–water partition coefficient (Wildman–Crippen LogP) is 3.61. The molecule has 2 nitrogen and oxygen atoms in total. The minimum absolute atomic E-state index is 0.0744. The number of hydrogen-bond acceptors (Lipinski definition) is 1. The Kier molecular flexibility index (Phi) is 5.49.